The Morgan fingerprint density at radius 2 is 2.33 bits per heavy atom. The first kappa shape index (κ1) is 13.0. The highest BCUT2D eigenvalue weighted by molar-refractivity contribution is 5.94. The van der Waals surface area contributed by atoms with Crippen LogP contribution in [0.4, 0.5) is 4.39 Å². The van der Waals surface area contributed by atoms with Crippen molar-refractivity contribution >= 4 is 5.91 Å². The number of amides is 1. The molecule has 2 rings (SSSR count). The second-order valence-corrected chi connectivity index (χ2v) is 5.01. The number of hydrogen-bond donors (Lipinski definition) is 1. The van der Waals surface area contributed by atoms with E-state index in [0.717, 1.165) is 26.1 Å². The van der Waals surface area contributed by atoms with Gasteiger partial charge in [0.15, 0.2) is 0 Å². The maximum absolute atomic E-state index is 13.2. The van der Waals surface area contributed by atoms with Crippen molar-refractivity contribution in [3.05, 3.63) is 35.1 Å². The quantitative estimate of drug-likeness (QED) is 0.887. The summed E-state index contributed by atoms with van der Waals surface area (Å²) in [5.74, 6) is 0.222. The van der Waals surface area contributed by atoms with Crippen LogP contribution in [0.2, 0.25) is 0 Å². The molecule has 1 aliphatic rings. The van der Waals surface area contributed by atoms with Crippen LogP contribution in [-0.2, 0) is 0 Å². The lowest BCUT2D eigenvalue weighted by atomic mass is 10.1. The van der Waals surface area contributed by atoms with Gasteiger partial charge in [0.2, 0.25) is 0 Å². The first-order valence-corrected chi connectivity index (χ1v) is 6.30. The summed E-state index contributed by atoms with van der Waals surface area (Å²) in [6.07, 6.45) is 1.11. The molecule has 0 radical (unpaired) electrons. The third kappa shape index (κ3) is 2.88. The lowest BCUT2D eigenvalue weighted by Crippen LogP contribution is -2.32. The van der Waals surface area contributed by atoms with Crippen molar-refractivity contribution in [3.8, 4) is 0 Å². The Morgan fingerprint density at radius 3 is 2.94 bits per heavy atom. The molecule has 1 amide bonds. The fraction of sp³-hybridized carbons (Fsp3) is 0.500. The molecule has 1 saturated heterocycles. The molecule has 1 heterocycles. The van der Waals surface area contributed by atoms with E-state index in [-0.39, 0.29) is 11.7 Å². The van der Waals surface area contributed by atoms with Crippen molar-refractivity contribution in [3.63, 3.8) is 0 Å². The standard InChI is InChI=1S/C14H19FN2O/c1-10-7-12(3-4-13(10)15)14(18)17(2)9-11-5-6-16-8-11/h3-4,7,11,16H,5-6,8-9H2,1-2H3. The van der Waals surface area contributed by atoms with Gasteiger partial charge in [-0.3, -0.25) is 4.79 Å². The fourth-order valence-corrected chi connectivity index (χ4v) is 2.34. The van der Waals surface area contributed by atoms with Crippen molar-refractivity contribution in [2.24, 2.45) is 5.92 Å². The van der Waals surface area contributed by atoms with Crippen LogP contribution >= 0.6 is 0 Å². The SMILES string of the molecule is Cc1cc(C(=O)N(C)CC2CCNC2)ccc1F. The molecule has 1 aliphatic heterocycles. The number of nitrogens with one attached hydrogen (secondary N) is 1. The number of nitrogens with zero attached hydrogens (tertiary/aromatic N) is 1. The zero-order valence-electron chi connectivity index (χ0n) is 10.9. The van der Waals surface area contributed by atoms with E-state index in [1.165, 1.54) is 6.07 Å². The van der Waals surface area contributed by atoms with Gasteiger partial charge in [0.1, 0.15) is 5.82 Å². The molecular formula is C14H19FN2O. The number of rotatable bonds is 3. The Labute approximate surface area is 107 Å². The van der Waals surface area contributed by atoms with Gasteiger partial charge in [-0.1, -0.05) is 0 Å². The molecule has 4 heteroatoms. The van der Waals surface area contributed by atoms with Gasteiger partial charge in [0.25, 0.3) is 5.91 Å². The van der Waals surface area contributed by atoms with Crippen LogP contribution in [0.25, 0.3) is 0 Å². The molecular weight excluding hydrogens is 231 g/mol. The Hall–Kier alpha value is -1.42. The molecule has 98 valence electrons. The van der Waals surface area contributed by atoms with Crippen molar-refractivity contribution in [1.82, 2.24) is 10.2 Å². The summed E-state index contributed by atoms with van der Waals surface area (Å²) in [5, 5.41) is 3.29. The summed E-state index contributed by atoms with van der Waals surface area (Å²) < 4.78 is 13.2. The van der Waals surface area contributed by atoms with Crippen LogP contribution in [0.1, 0.15) is 22.3 Å². The molecule has 1 aromatic rings. The highest BCUT2D eigenvalue weighted by Crippen LogP contribution is 2.14. The summed E-state index contributed by atoms with van der Waals surface area (Å²) in [6, 6.07) is 4.52. The van der Waals surface area contributed by atoms with Crippen LogP contribution in [0, 0.1) is 18.7 Å². The molecule has 3 nitrogen and oxygen atoms in total. The van der Waals surface area contributed by atoms with Crippen molar-refractivity contribution in [2.45, 2.75) is 13.3 Å². The average molecular weight is 250 g/mol. The van der Waals surface area contributed by atoms with Gasteiger partial charge in [-0.15, -0.1) is 0 Å². The van der Waals surface area contributed by atoms with E-state index in [2.05, 4.69) is 5.32 Å². The Morgan fingerprint density at radius 1 is 1.56 bits per heavy atom. The van der Waals surface area contributed by atoms with Crippen LogP contribution < -0.4 is 5.32 Å². The molecule has 0 bridgehead atoms. The van der Waals surface area contributed by atoms with E-state index in [4.69, 9.17) is 0 Å². The second-order valence-electron chi connectivity index (χ2n) is 5.01. The summed E-state index contributed by atoms with van der Waals surface area (Å²) in [7, 11) is 1.80. The van der Waals surface area contributed by atoms with Crippen molar-refractivity contribution < 1.29 is 9.18 Å². The smallest absolute Gasteiger partial charge is 0.253 e. The normalized spacial score (nSPS) is 18.9. The van der Waals surface area contributed by atoms with Crippen molar-refractivity contribution in [1.29, 1.82) is 0 Å². The maximum atomic E-state index is 13.2. The van der Waals surface area contributed by atoms with Crippen LogP contribution in [0.5, 0.6) is 0 Å². The predicted octanol–water partition coefficient (Wildman–Crippen LogP) is 1.82. The highest BCUT2D eigenvalue weighted by atomic mass is 19.1. The van der Waals surface area contributed by atoms with Crippen LogP contribution in [0.15, 0.2) is 18.2 Å². The van der Waals surface area contributed by atoms with E-state index >= 15 is 0 Å². The molecule has 1 atom stereocenters. The third-order valence-corrected chi connectivity index (χ3v) is 3.45. The van der Waals surface area contributed by atoms with Gasteiger partial charge < -0.3 is 10.2 Å². The van der Waals surface area contributed by atoms with Gasteiger partial charge in [-0.05, 0) is 56.1 Å². The lowest BCUT2D eigenvalue weighted by Gasteiger charge is -2.21. The fourth-order valence-electron chi connectivity index (χ4n) is 2.34. The Kier molecular flexibility index (Phi) is 3.97. The average Bonchev–Trinajstić information content (AvgIpc) is 2.84. The van der Waals surface area contributed by atoms with Crippen LogP contribution in [0.3, 0.4) is 0 Å². The van der Waals surface area contributed by atoms with E-state index in [1.807, 2.05) is 0 Å². The zero-order valence-corrected chi connectivity index (χ0v) is 10.9. The Balaban J connectivity index is 2.02. The van der Waals surface area contributed by atoms with E-state index in [9.17, 15) is 9.18 Å². The molecule has 1 fully saturated rings. The maximum Gasteiger partial charge on any atom is 0.253 e. The Bertz CT molecular complexity index is 441. The monoisotopic (exact) mass is 250 g/mol. The zero-order chi connectivity index (χ0) is 13.1. The lowest BCUT2D eigenvalue weighted by molar-refractivity contribution is 0.0776. The molecule has 1 N–H and O–H groups in total. The molecule has 1 aromatic carbocycles. The summed E-state index contributed by atoms with van der Waals surface area (Å²) in [5.41, 5.74) is 1.07. The largest absolute Gasteiger partial charge is 0.341 e. The summed E-state index contributed by atoms with van der Waals surface area (Å²) >= 11 is 0. The van der Waals surface area contributed by atoms with Gasteiger partial charge in [0, 0.05) is 19.2 Å². The van der Waals surface area contributed by atoms with Gasteiger partial charge in [-0.2, -0.15) is 0 Å². The van der Waals surface area contributed by atoms with E-state index in [1.54, 1.807) is 31.0 Å². The predicted molar refractivity (Wildman–Crippen MR) is 69.1 cm³/mol. The van der Waals surface area contributed by atoms with E-state index in [0.29, 0.717) is 17.0 Å². The minimum Gasteiger partial charge on any atom is -0.341 e. The molecule has 1 unspecified atom stereocenters. The van der Waals surface area contributed by atoms with Crippen molar-refractivity contribution in [2.75, 3.05) is 26.7 Å². The number of halogens is 1. The number of carbonyl (C=O) groups excluding carboxylic acids is 1. The molecule has 0 aromatic heterocycles. The minimum absolute atomic E-state index is 0.0370. The van der Waals surface area contributed by atoms with Gasteiger partial charge >= 0.3 is 0 Å². The molecule has 0 spiro atoms. The third-order valence-electron chi connectivity index (χ3n) is 3.45. The first-order chi connectivity index (χ1) is 8.58. The van der Waals surface area contributed by atoms with Gasteiger partial charge in [0.05, 0.1) is 0 Å². The topological polar surface area (TPSA) is 32.3 Å². The summed E-state index contributed by atoms with van der Waals surface area (Å²) in [4.78, 5) is 13.9. The highest BCUT2D eigenvalue weighted by Gasteiger charge is 2.20. The number of aryl methyl sites for hydroxylation is 1. The summed E-state index contributed by atoms with van der Waals surface area (Å²) in [6.45, 7) is 4.43. The minimum atomic E-state index is -0.269. The van der Waals surface area contributed by atoms with Gasteiger partial charge in [-0.25, -0.2) is 4.39 Å². The number of benzene rings is 1. The van der Waals surface area contributed by atoms with Crippen LogP contribution in [-0.4, -0.2) is 37.5 Å². The number of carbonyl (C=O) groups is 1. The first-order valence-electron chi connectivity index (χ1n) is 6.30. The van der Waals surface area contributed by atoms with E-state index < -0.39 is 0 Å². The molecule has 0 aliphatic carbocycles. The molecule has 18 heavy (non-hydrogen) atoms. The molecule has 0 saturated carbocycles. The second kappa shape index (κ2) is 5.48. The number of hydrogen-bond acceptors (Lipinski definition) is 2.